The number of hydrogen-bond donors (Lipinski definition) is 0. The second-order valence-electron chi connectivity index (χ2n) is 7.62. The van der Waals surface area contributed by atoms with Gasteiger partial charge in [-0.25, -0.2) is 4.98 Å². The number of para-hydroxylation sites is 2. The lowest BCUT2D eigenvalue weighted by atomic mass is 10.1. The van der Waals surface area contributed by atoms with Crippen molar-refractivity contribution in [2.75, 3.05) is 0 Å². The second-order valence-corrected chi connectivity index (χ2v) is 7.62. The third kappa shape index (κ3) is 3.59. The normalized spacial score (nSPS) is 11.5. The summed E-state index contributed by atoms with van der Waals surface area (Å²) < 4.78 is 3.66. The molecule has 5 aromatic rings. The Morgan fingerprint density at radius 1 is 0.939 bits per heavy atom. The van der Waals surface area contributed by atoms with Crippen LogP contribution in [0.5, 0.6) is 0 Å². The highest BCUT2D eigenvalue weighted by Crippen LogP contribution is 2.24. The monoisotopic (exact) mass is 436 g/mol. The molecule has 2 aromatic heterocycles. The van der Waals surface area contributed by atoms with Crippen LogP contribution in [-0.4, -0.2) is 19.0 Å². The Labute approximate surface area is 189 Å². The van der Waals surface area contributed by atoms with Crippen molar-refractivity contribution in [2.45, 2.75) is 13.5 Å². The van der Waals surface area contributed by atoms with Crippen molar-refractivity contribution in [3.05, 3.63) is 111 Å². The Balaban J connectivity index is 1.70. The van der Waals surface area contributed by atoms with E-state index >= 15 is 0 Å². The van der Waals surface area contributed by atoms with Gasteiger partial charge in [-0.05, 0) is 49.4 Å². The lowest BCUT2D eigenvalue weighted by Crippen LogP contribution is -2.22. The maximum atomic E-state index is 13.4. The molecule has 162 valence electrons. The second kappa shape index (κ2) is 8.20. The quantitative estimate of drug-likeness (QED) is 0.271. The van der Waals surface area contributed by atoms with Gasteiger partial charge >= 0.3 is 0 Å². The van der Waals surface area contributed by atoms with Crippen molar-refractivity contribution in [1.29, 1.82) is 0 Å². The minimum atomic E-state index is -0.463. The number of rotatable bonds is 5. The van der Waals surface area contributed by atoms with Gasteiger partial charge in [-0.1, -0.05) is 30.3 Å². The van der Waals surface area contributed by atoms with E-state index in [4.69, 9.17) is 4.98 Å². The topological polar surface area (TPSA) is 83.0 Å². The standard InChI is InChI=1S/C26H20N4O3/c1-2-28-17-18(21-7-4-6-10-24(21)28)11-16-25-27-23-9-5-3-8-22(23)26(31)29(25)19-12-14-20(15-13-19)30(32)33/h3-17H,2H2,1H3. The molecule has 0 N–H and O–H groups in total. The molecule has 0 saturated carbocycles. The van der Waals surface area contributed by atoms with Gasteiger partial charge in [0, 0.05) is 41.3 Å². The predicted molar refractivity (Wildman–Crippen MR) is 131 cm³/mol. The number of nitro groups is 1. The van der Waals surface area contributed by atoms with Crippen LogP contribution < -0.4 is 5.56 Å². The zero-order valence-electron chi connectivity index (χ0n) is 17.9. The van der Waals surface area contributed by atoms with E-state index in [2.05, 4.69) is 29.8 Å². The van der Waals surface area contributed by atoms with Crippen molar-refractivity contribution in [3.8, 4) is 5.69 Å². The molecule has 0 aliphatic carbocycles. The van der Waals surface area contributed by atoms with Gasteiger partial charge in [0.05, 0.1) is 21.5 Å². The summed E-state index contributed by atoms with van der Waals surface area (Å²) in [5, 5.41) is 12.7. The number of hydrogen-bond acceptors (Lipinski definition) is 4. The smallest absolute Gasteiger partial charge is 0.269 e. The summed E-state index contributed by atoms with van der Waals surface area (Å²) in [7, 11) is 0. The molecular formula is C26H20N4O3. The molecule has 0 aliphatic heterocycles. The van der Waals surface area contributed by atoms with Crippen LogP contribution in [-0.2, 0) is 6.54 Å². The van der Waals surface area contributed by atoms with E-state index in [1.54, 1.807) is 30.3 Å². The summed E-state index contributed by atoms with van der Waals surface area (Å²) in [5.74, 6) is 0.445. The molecule has 7 heteroatoms. The maximum Gasteiger partial charge on any atom is 0.269 e. The van der Waals surface area contributed by atoms with Crippen molar-refractivity contribution >= 4 is 39.6 Å². The molecule has 0 unspecified atom stereocenters. The minimum Gasteiger partial charge on any atom is -0.347 e. The van der Waals surface area contributed by atoms with Crippen LogP contribution in [0.25, 0.3) is 39.6 Å². The van der Waals surface area contributed by atoms with Gasteiger partial charge in [0.1, 0.15) is 5.82 Å². The molecule has 33 heavy (non-hydrogen) atoms. The van der Waals surface area contributed by atoms with E-state index in [-0.39, 0.29) is 11.2 Å². The number of benzene rings is 3. The zero-order valence-corrected chi connectivity index (χ0v) is 17.9. The van der Waals surface area contributed by atoms with E-state index in [1.807, 2.05) is 30.4 Å². The molecule has 0 fully saturated rings. The van der Waals surface area contributed by atoms with Gasteiger partial charge in [0.15, 0.2) is 0 Å². The minimum absolute atomic E-state index is 0.0370. The lowest BCUT2D eigenvalue weighted by Gasteiger charge is -2.11. The molecule has 7 nitrogen and oxygen atoms in total. The number of non-ortho nitro benzene ring substituents is 1. The molecule has 0 bridgehead atoms. The largest absolute Gasteiger partial charge is 0.347 e. The predicted octanol–water partition coefficient (Wildman–Crippen LogP) is 5.44. The lowest BCUT2D eigenvalue weighted by molar-refractivity contribution is -0.384. The van der Waals surface area contributed by atoms with E-state index < -0.39 is 4.92 Å². The summed E-state index contributed by atoms with van der Waals surface area (Å²) in [6, 6.07) is 21.2. The molecule has 0 aliphatic rings. The molecule has 0 spiro atoms. The van der Waals surface area contributed by atoms with Crippen molar-refractivity contribution in [1.82, 2.24) is 14.1 Å². The summed E-state index contributed by atoms with van der Waals surface area (Å²) >= 11 is 0. The average Bonchev–Trinajstić information content (AvgIpc) is 3.21. The van der Waals surface area contributed by atoms with Crippen LogP contribution in [0, 0.1) is 10.1 Å². The average molecular weight is 436 g/mol. The van der Waals surface area contributed by atoms with Crippen LogP contribution in [0.3, 0.4) is 0 Å². The van der Waals surface area contributed by atoms with E-state index in [1.165, 1.54) is 16.7 Å². The van der Waals surface area contributed by atoms with E-state index in [0.29, 0.717) is 22.4 Å². The first kappa shape index (κ1) is 20.4. The summed E-state index contributed by atoms with van der Waals surface area (Å²) in [6.45, 7) is 2.94. The zero-order chi connectivity index (χ0) is 22.9. The molecule has 0 saturated heterocycles. The Morgan fingerprint density at radius 2 is 1.64 bits per heavy atom. The van der Waals surface area contributed by atoms with Gasteiger partial charge in [-0.15, -0.1) is 0 Å². The molecule has 5 rings (SSSR count). The SMILES string of the molecule is CCn1cc(C=Cc2nc3ccccc3c(=O)n2-c2ccc([N+](=O)[O-])cc2)c2ccccc21. The highest BCUT2D eigenvalue weighted by Gasteiger charge is 2.13. The number of aromatic nitrogens is 3. The highest BCUT2D eigenvalue weighted by molar-refractivity contribution is 5.92. The molecule has 0 radical (unpaired) electrons. The third-order valence-corrected chi connectivity index (χ3v) is 5.69. The molecule has 0 atom stereocenters. The first-order chi connectivity index (χ1) is 16.1. The van der Waals surface area contributed by atoms with Crippen molar-refractivity contribution in [2.24, 2.45) is 0 Å². The fourth-order valence-electron chi connectivity index (χ4n) is 4.07. The van der Waals surface area contributed by atoms with Gasteiger partial charge in [-0.3, -0.25) is 19.5 Å². The number of aryl methyl sites for hydroxylation is 1. The van der Waals surface area contributed by atoms with E-state index in [9.17, 15) is 14.9 Å². The fraction of sp³-hybridized carbons (Fsp3) is 0.0769. The van der Waals surface area contributed by atoms with Gasteiger partial charge in [0.25, 0.3) is 11.2 Å². The molecular weight excluding hydrogens is 416 g/mol. The summed E-state index contributed by atoms with van der Waals surface area (Å²) in [4.78, 5) is 28.7. The van der Waals surface area contributed by atoms with Crippen molar-refractivity contribution < 1.29 is 4.92 Å². The highest BCUT2D eigenvalue weighted by atomic mass is 16.6. The van der Waals surface area contributed by atoms with Gasteiger partial charge in [0.2, 0.25) is 0 Å². The maximum absolute atomic E-state index is 13.4. The molecule has 0 amide bonds. The van der Waals surface area contributed by atoms with Gasteiger partial charge < -0.3 is 4.57 Å². The van der Waals surface area contributed by atoms with Crippen LogP contribution in [0.15, 0.2) is 83.8 Å². The number of nitrogens with zero attached hydrogens (tertiary/aromatic N) is 4. The van der Waals surface area contributed by atoms with Crippen LogP contribution in [0.4, 0.5) is 5.69 Å². The molecule has 2 heterocycles. The van der Waals surface area contributed by atoms with E-state index in [0.717, 1.165) is 23.0 Å². The van der Waals surface area contributed by atoms with Crippen LogP contribution in [0.2, 0.25) is 0 Å². The number of fused-ring (bicyclic) bond motifs is 2. The Hall–Kier alpha value is -4.52. The summed E-state index contributed by atoms with van der Waals surface area (Å²) in [5.41, 5.74) is 3.00. The Bertz CT molecular complexity index is 1590. The number of nitro benzene ring substituents is 1. The van der Waals surface area contributed by atoms with Crippen molar-refractivity contribution in [3.63, 3.8) is 0 Å². The fourth-order valence-corrected chi connectivity index (χ4v) is 4.07. The molecule has 3 aromatic carbocycles. The first-order valence-electron chi connectivity index (χ1n) is 10.6. The van der Waals surface area contributed by atoms with Crippen LogP contribution >= 0.6 is 0 Å². The summed E-state index contributed by atoms with van der Waals surface area (Å²) in [6.07, 6.45) is 5.85. The van der Waals surface area contributed by atoms with Crippen LogP contribution in [0.1, 0.15) is 18.3 Å². The third-order valence-electron chi connectivity index (χ3n) is 5.69. The first-order valence-corrected chi connectivity index (χ1v) is 10.6. The Morgan fingerprint density at radius 3 is 2.36 bits per heavy atom. The van der Waals surface area contributed by atoms with Gasteiger partial charge in [-0.2, -0.15) is 0 Å². The Kier molecular flexibility index (Phi) is 5.06.